The average molecular weight is 182 g/mol. The molecule has 1 saturated carbocycles. The summed E-state index contributed by atoms with van der Waals surface area (Å²) in [5.41, 5.74) is 0.693. The van der Waals surface area contributed by atoms with Crippen LogP contribution in [0.15, 0.2) is 0 Å². The second-order valence-electron chi connectivity index (χ2n) is 4.92. The fourth-order valence-corrected chi connectivity index (χ4v) is 3.50. The third kappa shape index (κ3) is 1.92. The van der Waals surface area contributed by atoms with E-state index in [9.17, 15) is 0 Å². The molecule has 2 unspecified atom stereocenters. The lowest BCUT2D eigenvalue weighted by Crippen LogP contribution is -2.36. The van der Waals surface area contributed by atoms with Crippen molar-refractivity contribution >= 4 is 0 Å². The van der Waals surface area contributed by atoms with Crippen LogP contribution in [0.1, 0.15) is 66.2 Å². The number of hydrogen-bond acceptors (Lipinski definition) is 0. The van der Waals surface area contributed by atoms with Crippen molar-refractivity contribution in [1.82, 2.24) is 0 Å². The first-order chi connectivity index (χ1) is 6.20. The van der Waals surface area contributed by atoms with Crippen molar-refractivity contribution in [3.8, 4) is 0 Å². The van der Waals surface area contributed by atoms with Gasteiger partial charge in [0, 0.05) is 0 Å². The van der Waals surface area contributed by atoms with Crippen LogP contribution >= 0.6 is 0 Å². The summed E-state index contributed by atoms with van der Waals surface area (Å²) in [6.45, 7) is 9.64. The second-order valence-corrected chi connectivity index (χ2v) is 4.92. The Hall–Kier alpha value is 0. The molecule has 0 radical (unpaired) electrons. The first-order valence-electron chi connectivity index (χ1n) is 6.20. The molecule has 0 aliphatic heterocycles. The van der Waals surface area contributed by atoms with E-state index in [2.05, 4.69) is 27.7 Å². The maximum absolute atomic E-state index is 2.50. The van der Waals surface area contributed by atoms with E-state index in [1.807, 2.05) is 0 Å². The van der Waals surface area contributed by atoms with E-state index in [0.717, 1.165) is 11.8 Å². The molecule has 0 aromatic heterocycles. The van der Waals surface area contributed by atoms with Crippen molar-refractivity contribution in [1.29, 1.82) is 0 Å². The molecule has 0 aromatic rings. The van der Waals surface area contributed by atoms with E-state index >= 15 is 0 Å². The van der Waals surface area contributed by atoms with E-state index in [1.165, 1.54) is 38.5 Å². The lowest BCUT2D eigenvalue weighted by atomic mass is 9.59. The molecule has 0 bridgehead atoms. The molecule has 1 fully saturated rings. The molecule has 0 spiro atoms. The molecule has 0 nitrogen and oxygen atoms in total. The normalized spacial score (nSPS) is 33.2. The molecule has 1 aliphatic rings. The third-order valence-corrected chi connectivity index (χ3v) is 4.86. The van der Waals surface area contributed by atoms with Gasteiger partial charge in [0.15, 0.2) is 0 Å². The van der Waals surface area contributed by atoms with Gasteiger partial charge in [-0.05, 0) is 23.7 Å². The van der Waals surface area contributed by atoms with E-state index in [4.69, 9.17) is 0 Å². The Balaban J connectivity index is 2.72. The summed E-state index contributed by atoms with van der Waals surface area (Å²) >= 11 is 0. The molecule has 2 atom stereocenters. The van der Waals surface area contributed by atoms with Crippen LogP contribution < -0.4 is 0 Å². The van der Waals surface area contributed by atoms with Gasteiger partial charge in [-0.15, -0.1) is 0 Å². The first-order valence-corrected chi connectivity index (χ1v) is 6.20. The van der Waals surface area contributed by atoms with Crippen molar-refractivity contribution in [3.05, 3.63) is 0 Å². The van der Waals surface area contributed by atoms with Crippen LogP contribution in [-0.4, -0.2) is 0 Å². The Kier molecular flexibility index (Phi) is 3.82. The van der Waals surface area contributed by atoms with Crippen molar-refractivity contribution in [3.63, 3.8) is 0 Å². The highest BCUT2D eigenvalue weighted by molar-refractivity contribution is 4.89. The van der Waals surface area contributed by atoms with Crippen LogP contribution in [0.3, 0.4) is 0 Å². The minimum atomic E-state index is 0.693. The van der Waals surface area contributed by atoms with Crippen LogP contribution in [0.5, 0.6) is 0 Å². The summed E-state index contributed by atoms with van der Waals surface area (Å²) in [4.78, 5) is 0. The highest BCUT2D eigenvalue weighted by Crippen LogP contribution is 2.49. The average Bonchev–Trinajstić information content (AvgIpc) is 2.19. The SMILES string of the molecule is CCC1CCCC(CC)(CC)C1C. The molecule has 0 heterocycles. The van der Waals surface area contributed by atoms with Crippen LogP contribution in [0.25, 0.3) is 0 Å². The minimum absolute atomic E-state index is 0.693. The Morgan fingerprint density at radius 1 is 1.15 bits per heavy atom. The van der Waals surface area contributed by atoms with Crippen LogP contribution in [0, 0.1) is 17.3 Å². The standard InChI is InChI=1S/C13H26/c1-5-12-9-8-10-13(6-2,7-3)11(12)4/h11-12H,5-10H2,1-4H3. The smallest absolute Gasteiger partial charge is 0.0274 e. The van der Waals surface area contributed by atoms with Gasteiger partial charge in [0.05, 0.1) is 0 Å². The topological polar surface area (TPSA) is 0 Å². The fourth-order valence-electron chi connectivity index (χ4n) is 3.50. The predicted octanol–water partition coefficient (Wildman–Crippen LogP) is 4.64. The molecule has 0 heteroatoms. The Labute approximate surface area is 84.1 Å². The molecule has 1 rings (SSSR count). The quantitative estimate of drug-likeness (QED) is 0.596. The zero-order valence-corrected chi connectivity index (χ0v) is 9.90. The summed E-state index contributed by atoms with van der Waals surface area (Å²) in [5.74, 6) is 1.97. The molecule has 13 heavy (non-hydrogen) atoms. The third-order valence-electron chi connectivity index (χ3n) is 4.86. The van der Waals surface area contributed by atoms with Crippen LogP contribution in [0.2, 0.25) is 0 Å². The van der Waals surface area contributed by atoms with Gasteiger partial charge in [-0.1, -0.05) is 59.8 Å². The highest BCUT2D eigenvalue weighted by atomic mass is 14.4. The molecular weight excluding hydrogens is 156 g/mol. The van der Waals surface area contributed by atoms with Crippen LogP contribution in [0.4, 0.5) is 0 Å². The molecule has 0 saturated heterocycles. The summed E-state index contributed by atoms with van der Waals surface area (Å²) in [7, 11) is 0. The Morgan fingerprint density at radius 3 is 2.23 bits per heavy atom. The maximum atomic E-state index is 2.50. The zero-order chi connectivity index (χ0) is 9.90. The van der Waals surface area contributed by atoms with Gasteiger partial charge in [0.2, 0.25) is 0 Å². The van der Waals surface area contributed by atoms with Gasteiger partial charge < -0.3 is 0 Å². The monoisotopic (exact) mass is 182 g/mol. The molecule has 0 aromatic carbocycles. The van der Waals surface area contributed by atoms with Gasteiger partial charge in [-0.3, -0.25) is 0 Å². The van der Waals surface area contributed by atoms with Crippen molar-refractivity contribution in [2.45, 2.75) is 66.2 Å². The van der Waals surface area contributed by atoms with Gasteiger partial charge in [0.25, 0.3) is 0 Å². The molecule has 78 valence electrons. The van der Waals surface area contributed by atoms with E-state index < -0.39 is 0 Å². The molecular formula is C13H26. The van der Waals surface area contributed by atoms with Gasteiger partial charge in [0.1, 0.15) is 0 Å². The van der Waals surface area contributed by atoms with Gasteiger partial charge >= 0.3 is 0 Å². The Morgan fingerprint density at radius 2 is 1.77 bits per heavy atom. The van der Waals surface area contributed by atoms with Crippen LogP contribution in [-0.2, 0) is 0 Å². The number of hydrogen-bond donors (Lipinski definition) is 0. The van der Waals surface area contributed by atoms with Crippen molar-refractivity contribution in [2.75, 3.05) is 0 Å². The van der Waals surface area contributed by atoms with E-state index in [-0.39, 0.29) is 0 Å². The lowest BCUT2D eigenvalue weighted by molar-refractivity contribution is 0.0432. The number of rotatable bonds is 3. The summed E-state index contributed by atoms with van der Waals surface area (Å²) in [6, 6.07) is 0. The maximum Gasteiger partial charge on any atom is -0.0274 e. The second kappa shape index (κ2) is 4.48. The molecule has 1 aliphatic carbocycles. The van der Waals surface area contributed by atoms with Gasteiger partial charge in [-0.25, -0.2) is 0 Å². The highest BCUT2D eigenvalue weighted by Gasteiger charge is 2.39. The van der Waals surface area contributed by atoms with Gasteiger partial charge in [-0.2, -0.15) is 0 Å². The summed E-state index contributed by atoms with van der Waals surface area (Å²) in [6.07, 6.45) is 8.62. The largest absolute Gasteiger partial charge is 0.0651 e. The Bertz CT molecular complexity index is 144. The van der Waals surface area contributed by atoms with E-state index in [0.29, 0.717) is 5.41 Å². The minimum Gasteiger partial charge on any atom is -0.0651 e. The zero-order valence-electron chi connectivity index (χ0n) is 9.90. The molecule has 0 amide bonds. The van der Waals surface area contributed by atoms with Crippen molar-refractivity contribution < 1.29 is 0 Å². The summed E-state index contributed by atoms with van der Waals surface area (Å²) in [5, 5.41) is 0. The predicted molar refractivity (Wildman–Crippen MR) is 59.8 cm³/mol. The van der Waals surface area contributed by atoms with Crippen molar-refractivity contribution in [2.24, 2.45) is 17.3 Å². The fraction of sp³-hybridized carbons (Fsp3) is 1.00. The lowest BCUT2D eigenvalue weighted by Gasteiger charge is -2.46. The first kappa shape index (κ1) is 11.1. The van der Waals surface area contributed by atoms with E-state index in [1.54, 1.807) is 0 Å². The summed E-state index contributed by atoms with van der Waals surface area (Å²) < 4.78 is 0. The molecule has 0 N–H and O–H groups in total.